The van der Waals surface area contributed by atoms with Gasteiger partial charge in [-0.3, -0.25) is 0 Å². The molecule has 4 rings (SSSR count). The predicted octanol–water partition coefficient (Wildman–Crippen LogP) is 4.04. The minimum Gasteiger partial charge on any atom is -0.419 e. The molecule has 0 aromatic carbocycles. The maximum atomic E-state index is 13.7. The van der Waals surface area contributed by atoms with E-state index in [0.29, 0.717) is 25.3 Å². The van der Waals surface area contributed by atoms with Crippen molar-refractivity contribution in [1.29, 1.82) is 0 Å². The second kappa shape index (κ2) is 7.97. The Hall–Kier alpha value is -3.23. The minimum absolute atomic E-state index is 0.0202. The summed E-state index contributed by atoms with van der Waals surface area (Å²) in [5.41, 5.74) is -1.00. The van der Waals surface area contributed by atoms with Gasteiger partial charge in [0, 0.05) is 6.42 Å². The average molecular weight is 478 g/mol. The Labute approximate surface area is 181 Å². The largest absolute Gasteiger partial charge is 0.426 e. The number of aliphatic hydroxyl groups is 1. The Morgan fingerprint density at radius 3 is 2.24 bits per heavy atom. The van der Waals surface area contributed by atoms with Crippen molar-refractivity contribution in [1.82, 2.24) is 25.4 Å². The molecule has 0 aliphatic carbocycles. The molecular formula is C18H16F6N6O3. The van der Waals surface area contributed by atoms with Crippen LogP contribution in [0, 0.1) is 0 Å². The molecule has 178 valence electrons. The molecule has 9 nitrogen and oxygen atoms in total. The van der Waals surface area contributed by atoms with Crippen LogP contribution in [0.1, 0.15) is 49.4 Å². The molecule has 0 amide bonds. The van der Waals surface area contributed by atoms with E-state index in [1.165, 1.54) is 0 Å². The summed E-state index contributed by atoms with van der Waals surface area (Å²) < 4.78 is 92.2. The molecule has 1 aliphatic heterocycles. The monoisotopic (exact) mass is 478 g/mol. The van der Waals surface area contributed by atoms with E-state index in [-0.39, 0.29) is 18.7 Å². The van der Waals surface area contributed by atoms with Gasteiger partial charge in [0.05, 0.1) is 11.3 Å². The first-order chi connectivity index (χ1) is 15.4. The molecule has 0 radical (unpaired) electrons. The zero-order chi connectivity index (χ0) is 24.0. The van der Waals surface area contributed by atoms with Crippen molar-refractivity contribution in [3.63, 3.8) is 0 Å². The van der Waals surface area contributed by atoms with Crippen LogP contribution in [0.2, 0.25) is 0 Å². The van der Waals surface area contributed by atoms with Crippen LogP contribution in [0.5, 0.6) is 0 Å². The van der Waals surface area contributed by atoms with Gasteiger partial charge < -0.3 is 19.7 Å². The van der Waals surface area contributed by atoms with Gasteiger partial charge in [0.1, 0.15) is 5.69 Å². The van der Waals surface area contributed by atoms with E-state index < -0.39 is 64.7 Å². The molecule has 6 bridgehead atoms. The van der Waals surface area contributed by atoms with Gasteiger partial charge in [0.15, 0.2) is 5.69 Å². The van der Waals surface area contributed by atoms with E-state index in [1.807, 2.05) is 0 Å². The van der Waals surface area contributed by atoms with Gasteiger partial charge >= 0.3 is 12.4 Å². The molecule has 3 N–H and O–H groups in total. The molecule has 33 heavy (non-hydrogen) atoms. The fourth-order valence-corrected chi connectivity index (χ4v) is 3.40. The maximum Gasteiger partial charge on any atom is 0.426 e. The van der Waals surface area contributed by atoms with Crippen LogP contribution in [-0.2, 0) is 18.2 Å². The van der Waals surface area contributed by atoms with Gasteiger partial charge in [0.25, 0.3) is 17.7 Å². The highest BCUT2D eigenvalue weighted by Gasteiger charge is 2.58. The summed E-state index contributed by atoms with van der Waals surface area (Å²) in [6, 6.07) is 0.504. The zero-order valence-electron chi connectivity index (χ0n) is 16.7. The Morgan fingerprint density at radius 2 is 1.55 bits per heavy atom. The molecule has 15 heteroatoms. The number of halogens is 6. The SMILES string of the molecule is Nc1cc(C(F)(F)F)c2nc1-c1nnc(o1)C(O)(C(F)(F)F)CCCCCCc1nnc-2o1. The smallest absolute Gasteiger partial charge is 0.419 e. The Balaban J connectivity index is 1.91. The van der Waals surface area contributed by atoms with E-state index in [9.17, 15) is 31.4 Å². The molecule has 0 saturated carbocycles. The van der Waals surface area contributed by atoms with Crippen molar-refractivity contribution in [2.45, 2.75) is 56.5 Å². The number of pyridine rings is 1. The van der Waals surface area contributed by atoms with Crippen LogP contribution >= 0.6 is 0 Å². The van der Waals surface area contributed by atoms with Crippen molar-refractivity contribution in [3.8, 4) is 23.2 Å². The van der Waals surface area contributed by atoms with Crippen LogP contribution < -0.4 is 5.73 Å². The molecule has 3 aromatic heterocycles. The summed E-state index contributed by atoms with van der Waals surface area (Å²) in [5.74, 6) is -2.40. The van der Waals surface area contributed by atoms with Crippen molar-refractivity contribution in [3.05, 3.63) is 23.4 Å². The fourth-order valence-electron chi connectivity index (χ4n) is 3.40. The summed E-state index contributed by atoms with van der Waals surface area (Å²) in [4.78, 5) is 3.77. The lowest BCUT2D eigenvalue weighted by molar-refractivity contribution is -0.277. The normalized spacial score (nSPS) is 20.1. The second-order valence-electron chi connectivity index (χ2n) is 7.51. The minimum atomic E-state index is -5.15. The molecule has 4 heterocycles. The molecule has 0 saturated heterocycles. The van der Waals surface area contributed by atoms with Crippen molar-refractivity contribution < 1.29 is 40.3 Å². The van der Waals surface area contributed by atoms with Gasteiger partial charge in [-0.15, -0.1) is 20.4 Å². The van der Waals surface area contributed by atoms with Crippen molar-refractivity contribution >= 4 is 5.69 Å². The molecule has 1 atom stereocenters. The first-order valence-corrected chi connectivity index (χ1v) is 9.74. The lowest BCUT2D eigenvalue weighted by atomic mass is 9.94. The van der Waals surface area contributed by atoms with Crippen LogP contribution in [0.4, 0.5) is 32.0 Å². The van der Waals surface area contributed by atoms with E-state index in [2.05, 4.69) is 25.4 Å². The first-order valence-electron chi connectivity index (χ1n) is 9.74. The number of anilines is 1. The number of hydrogen-bond donors (Lipinski definition) is 2. The predicted molar refractivity (Wildman–Crippen MR) is 97.0 cm³/mol. The number of alkyl halides is 6. The van der Waals surface area contributed by atoms with E-state index in [1.54, 1.807) is 0 Å². The van der Waals surface area contributed by atoms with Gasteiger partial charge in [-0.2, -0.15) is 26.3 Å². The lowest BCUT2D eigenvalue weighted by Crippen LogP contribution is -2.42. The quantitative estimate of drug-likeness (QED) is 0.459. The first kappa shape index (κ1) is 22.9. The highest BCUT2D eigenvalue weighted by molar-refractivity contribution is 5.72. The molecule has 1 aliphatic rings. The topological polar surface area (TPSA) is 137 Å². The number of fused-ring (bicyclic) bond motifs is 8. The van der Waals surface area contributed by atoms with Crippen LogP contribution in [0.25, 0.3) is 23.2 Å². The molecule has 0 fully saturated rings. The lowest BCUT2D eigenvalue weighted by Gasteiger charge is -2.26. The van der Waals surface area contributed by atoms with Crippen LogP contribution in [0.3, 0.4) is 0 Å². The summed E-state index contributed by atoms with van der Waals surface area (Å²) in [6.07, 6.45) is -9.47. The van der Waals surface area contributed by atoms with E-state index in [0.717, 1.165) is 0 Å². The molecular weight excluding hydrogens is 462 g/mol. The zero-order valence-corrected chi connectivity index (χ0v) is 16.7. The Morgan fingerprint density at radius 1 is 0.879 bits per heavy atom. The van der Waals surface area contributed by atoms with Gasteiger partial charge in [0.2, 0.25) is 11.5 Å². The van der Waals surface area contributed by atoms with Crippen LogP contribution in [0.15, 0.2) is 14.9 Å². The highest BCUT2D eigenvalue weighted by atomic mass is 19.4. The molecule has 1 unspecified atom stereocenters. The summed E-state index contributed by atoms with van der Waals surface area (Å²) in [7, 11) is 0. The Kier molecular flexibility index (Phi) is 5.54. The summed E-state index contributed by atoms with van der Waals surface area (Å²) in [6.45, 7) is 0. The van der Waals surface area contributed by atoms with Crippen LogP contribution in [-0.4, -0.2) is 36.7 Å². The third-order valence-electron chi connectivity index (χ3n) is 5.16. The van der Waals surface area contributed by atoms with Crippen molar-refractivity contribution in [2.24, 2.45) is 0 Å². The number of nitrogen functional groups attached to an aromatic ring is 1. The number of rotatable bonds is 0. The highest BCUT2D eigenvalue weighted by Crippen LogP contribution is 2.44. The van der Waals surface area contributed by atoms with Gasteiger partial charge in [-0.25, -0.2) is 4.98 Å². The fraction of sp³-hybridized carbons (Fsp3) is 0.500. The van der Waals surface area contributed by atoms with E-state index in [4.69, 9.17) is 14.6 Å². The summed E-state index contributed by atoms with van der Waals surface area (Å²) in [5, 5.41) is 24.4. The Bertz CT molecular complexity index is 1160. The van der Waals surface area contributed by atoms with E-state index >= 15 is 0 Å². The maximum absolute atomic E-state index is 13.7. The third-order valence-corrected chi connectivity index (χ3v) is 5.16. The third kappa shape index (κ3) is 4.24. The number of nitrogens with two attached hydrogens (primary N) is 1. The standard InChI is InChI=1S/C18H16F6N6O3/c19-17(20,21)8-7-9(25)12-14-29-30-15(33-14)16(31,18(22,23)24)6-4-2-1-3-5-10-27-28-13(32-10)11(8)26-12/h7,31H,1-6,25H2. The van der Waals surface area contributed by atoms with Crippen molar-refractivity contribution in [2.75, 3.05) is 5.73 Å². The number of aromatic nitrogens is 5. The number of nitrogens with zero attached hydrogens (tertiary/aromatic N) is 5. The number of aryl methyl sites for hydroxylation is 1. The summed E-state index contributed by atoms with van der Waals surface area (Å²) >= 11 is 0. The number of hydrogen-bond acceptors (Lipinski definition) is 9. The van der Waals surface area contributed by atoms with Gasteiger partial charge in [-0.05, 0) is 25.3 Å². The average Bonchev–Trinajstić information content (AvgIpc) is 3.38. The molecule has 3 aromatic rings. The molecule has 0 spiro atoms. The van der Waals surface area contributed by atoms with Gasteiger partial charge in [-0.1, -0.05) is 12.8 Å². The second-order valence-corrected chi connectivity index (χ2v) is 7.51.